The number of carbonyl (C=O) groups is 3. The van der Waals surface area contributed by atoms with Crippen molar-refractivity contribution in [2.24, 2.45) is 0 Å². The molecule has 0 atom stereocenters. The van der Waals surface area contributed by atoms with Gasteiger partial charge in [-0.25, -0.2) is 14.4 Å². The Bertz CT molecular complexity index is 832. The third-order valence-corrected chi connectivity index (χ3v) is 4.77. The lowest BCUT2D eigenvalue weighted by Gasteiger charge is -2.08. The lowest BCUT2D eigenvalue weighted by atomic mass is 10.1. The molecule has 138 valence electrons. The number of amides is 2. The summed E-state index contributed by atoms with van der Waals surface area (Å²) in [6.45, 7) is 3.43. The van der Waals surface area contributed by atoms with Gasteiger partial charge in [0.1, 0.15) is 9.88 Å². The molecule has 0 radical (unpaired) electrons. The number of benzene rings is 1. The molecule has 2 N–H and O–H groups in total. The first-order valence-electron chi connectivity index (χ1n) is 7.59. The largest absolute Gasteiger partial charge is 0.465 e. The monoisotopic (exact) mass is 396 g/mol. The zero-order chi connectivity index (χ0) is 19.3. The minimum Gasteiger partial charge on any atom is -0.465 e. The van der Waals surface area contributed by atoms with Crippen LogP contribution in [0.5, 0.6) is 0 Å². The van der Waals surface area contributed by atoms with Crippen LogP contribution >= 0.6 is 22.9 Å². The number of halogens is 1. The molecule has 0 aliphatic rings. The summed E-state index contributed by atoms with van der Waals surface area (Å²) >= 11 is 6.75. The molecule has 1 aromatic heterocycles. The van der Waals surface area contributed by atoms with Crippen LogP contribution in [-0.4, -0.2) is 31.7 Å². The summed E-state index contributed by atoms with van der Waals surface area (Å²) in [6, 6.07) is 5.95. The van der Waals surface area contributed by atoms with E-state index in [1.165, 1.54) is 7.11 Å². The number of rotatable bonds is 5. The van der Waals surface area contributed by atoms with E-state index in [9.17, 15) is 14.4 Å². The van der Waals surface area contributed by atoms with Crippen molar-refractivity contribution < 1.29 is 23.9 Å². The van der Waals surface area contributed by atoms with Crippen LogP contribution in [0.25, 0.3) is 0 Å². The maximum atomic E-state index is 12.2. The number of hydrogen-bond acceptors (Lipinski definition) is 6. The Kier molecular flexibility index (Phi) is 6.59. The van der Waals surface area contributed by atoms with Gasteiger partial charge >= 0.3 is 18.0 Å². The lowest BCUT2D eigenvalue weighted by Crippen LogP contribution is -2.20. The van der Waals surface area contributed by atoms with Gasteiger partial charge in [-0.1, -0.05) is 11.6 Å². The molecule has 0 aliphatic heterocycles. The summed E-state index contributed by atoms with van der Waals surface area (Å²) in [7, 11) is 1.24. The molecule has 0 saturated heterocycles. The van der Waals surface area contributed by atoms with Gasteiger partial charge in [0.2, 0.25) is 0 Å². The predicted octanol–water partition coefficient (Wildman–Crippen LogP) is 4.32. The van der Waals surface area contributed by atoms with E-state index in [2.05, 4.69) is 10.6 Å². The van der Waals surface area contributed by atoms with Crippen molar-refractivity contribution in [3.8, 4) is 0 Å². The fourth-order valence-corrected chi connectivity index (χ4v) is 3.37. The summed E-state index contributed by atoms with van der Waals surface area (Å²) in [6.07, 6.45) is 0. The van der Waals surface area contributed by atoms with Gasteiger partial charge in [-0.2, -0.15) is 0 Å². The van der Waals surface area contributed by atoms with Crippen LogP contribution in [0, 0.1) is 6.92 Å². The molecule has 2 amide bonds. The molecule has 26 heavy (non-hydrogen) atoms. The molecule has 0 aliphatic carbocycles. The molecule has 7 nitrogen and oxygen atoms in total. The Balaban J connectivity index is 2.28. The van der Waals surface area contributed by atoms with Crippen LogP contribution in [0.2, 0.25) is 5.02 Å². The minimum absolute atomic E-state index is 0.128. The number of esters is 2. The maximum Gasteiger partial charge on any atom is 0.348 e. The number of thiophene rings is 1. The van der Waals surface area contributed by atoms with E-state index in [-0.39, 0.29) is 22.0 Å². The highest BCUT2D eigenvalue weighted by molar-refractivity contribution is 7.18. The van der Waals surface area contributed by atoms with Crippen LogP contribution in [-0.2, 0) is 9.47 Å². The van der Waals surface area contributed by atoms with Crippen molar-refractivity contribution >= 4 is 51.6 Å². The molecule has 2 rings (SSSR count). The molecule has 1 aromatic carbocycles. The Hall–Kier alpha value is -2.58. The van der Waals surface area contributed by atoms with Crippen molar-refractivity contribution in [2.45, 2.75) is 13.8 Å². The van der Waals surface area contributed by atoms with Gasteiger partial charge in [0.15, 0.2) is 0 Å². The highest BCUT2D eigenvalue weighted by Gasteiger charge is 2.27. The number of methoxy groups -OCH3 is 1. The highest BCUT2D eigenvalue weighted by atomic mass is 35.5. The summed E-state index contributed by atoms with van der Waals surface area (Å²) in [5.41, 5.74) is 1.04. The molecule has 2 aromatic rings. The first kappa shape index (κ1) is 19.7. The van der Waals surface area contributed by atoms with Crippen LogP contribution in [0.15, 0.2) is 24.3 Å². The van der Waals surface area contributed by atoms with E-state index in [0.29, 0.717) is 16.3 Å². The van der Waals surface area contributed by atoms with Gasteiger partial charge in [0.05, 0.1) is 19.3 Å². The van der Waals surface area contributed by atoms with E-state index >= 15 is 0 Å². The second-order valence-corrected chi connectivity index (χ2v) is 6.52. The average Bonchev–Trinajstić information content (AvgIpc) is 2.92. The molecular formula is C17H17ClN2O5S. The lowest BCUT2D eigenvalue weighted by molar-refractivity contribution is 0.0527. The van der Waals surface area contributed by atoms with Crippen molar-refractivity contribution in [3.63, 3.8) is 0 Å². The smallest absolute Gasteiger partial charge is 0.348 e. The zero-order valence-corrected chi connectivity index (χ0v) is 15.9. The normalized spacial score (nSPS) is 10.2. The average molecular weight is 397 g/mol. The van der Waals surface area contributed by atoms with E-state index in [0.717, 1.165) is 11.3 Å². The maximum absolute atomic E-state index is 12.2. The Morgan fingerprint density at radius 3 is 2.35 bits per heavy atom. The molecule has 0 saturated carbocycles. The van der Waals surface area contributed by atoms with Gasteiger partial charge < -0.3 is 14.8 Å². The number of anilines is 2. The Labute approximate surface area is 159 Å². The van der Waals surface area contributed by atoms with Crippen molar-refractivity contribution in [1.82, 2.24) is 0 Å². The number of ether oxygens (including phenoxy) is 2. The Morgan fingerprint density at radius 2 is 1.77 bits per heavy atom. The van der Waals surface area contributed by atoms with Gasteiger partial charge in [0.25, 0.3) is 0 Å². The summed E-state index contributed by atoms with van der Waals surface area (Å²) in [4.78, 5) is 36.6. The zero-order valence-electron chi connectivity index (χ0n) is 14.3. The fourth-order valence-electron chi connectivity index (χ4n) is 2.14. The van der Waals surface area contributed by atoms with Gasteiger partial charge in [-0.15, -0.1) is 11.3 Å². The van der Waals surface area contributed by atoms with Crippen molar-refractivity contribution in [1.29, 1.82) is 0 Å². The van der Waals surface area contributed by atoms with E-state index in [4.69, 9.17) is 21.1 Å². The van der Waals surface area contributed by atoms with Crippen LogP contribution in [0.3, 0.4) is 0 Å². The van der Waals surface area contributed by atoms with Crippen LogP contribution in [0.1, 0.15) is 32.5 Å². The molecule has 0 bridgehead atoms. The summed E-state index contributed by atoms with van der Waals surface area (Å²) in [5.74, 6) is -1.22. The first-order valence-corrected chi connectivity index (χ1v) is 8.79. The molecule has 1 heterocycles. The molecule has 0 fully saturated rings. The number of carbonyl (C=O) groups excluding carboxylic acids is 3. The second-order valence-electron chi connectivity index (χ2n) is 5.06. The van der Waals surface area contributed by atoms with Crippen molar-refractivity contribution in [3.05, 3.63) is 45.3 Å². The number of hydrogen-bond donors (Lipinski definition) is 2. The third-order valence-electron chi connectivity index (χ3n) is 3.33. The quantitative estimate of drug-likeness (QED) is 0.734. The van der Waals surface area contributed by atoms with Gasteiger partial charge in [-0.05, 0) is 43.7 Å². The third kappa shape index (κ3) is 4.53. The van der Waals surface area contributed by atoms with Gasteiger partial charge in [-0.3, -0.25) is 5.32 Å². The minimum atomic E-state index is -0.627. The highest BCUT2D eigenvalue weighted by Crippen LogP contribution is 2.34. The SMILES string of the molecule is CCOC(=O)c1c(NC(=O)Nc2ccc(Cl)cc2)sc(C(=O)OC)c1C. The predicted molar refractivity (Wildman–Crippen MR) is 100 cm³/mol. The van der Waals surface area contributed by atoms with Crippen LogP contribution < -0.4 is 10.6 Å². The second kappa shape index (κ2) is 8.68. The van der Waals surface area contributed by atoms with Gasteiger partial charge in [0, 0.05) is 10.7 Å². The van der Waals surface area contributed by atoms with Crippen molar-refractivity contribution in [2.75, 3.05) is 24.4 Å². The molecular weight excluding hydrogens is 380 g/mol. The topological polar surface area (TPSA) is 93.7 Å². The summed E-state index contributed by atoms with van der Waals surface area (Å²) in [5, 5.41) is 5.94. The van der Waals surface area contributed by atoms with Crippen LogP contribution in [0.4, 0.5) is 15.5 Å². The standard InChI is InChI=1S/C17H17ClN2O5S/c1-4-25-15(21)12-9(2)13(16(22)24-3)26-14(12)20-17(23)19-11-7-5-10(18)6-8-11/h5-8H,4H2,1-3H3,(H2,19,20,23). The first-order chi connectivity index (χ1) is 12.4. The van der Waals surface area contributed by atoms with E-state index in [1.807, 2.05) is 0 Å². The van der Waals surface area contributed by atoms with E-state index in [1.54, 1.807) is 38.1 Å². The number of nitrogens with one attached hydrogen (secondary N) is 2. The number of urea groups is 1. The Morgan fingerprint density at radius 1 is 1.12 bits per heavy atom. The molecule has 0 spiro atoms. The van der Waals surface area contributed by atoms with E-state index < -0.39 is 18.0 Å². The fraction of sp³-hybridized carbons (Fsp3) is 0.235. The molecule has 0 unspecified atom stereocenters. The molecule has 9 heteroatoms. The summed E-state index contributed by atoms with van der Waals surface area (Å²) < 4.78 is 9.73.